The second-order valence-electron chi connectivity index (χ2n) is 3.24. The molecule has 0 radical (unpaired) electrons. The molecular weight excluding hydrogens is 258 g/mol. The largest absolute Gasteiger partial charge is 0.375 e. The van der Waals surface area contributed by atoms with Crippen LogP contribution in [0.3, 0.4) is 0 Å². The lowest BCUT2D eigenvalue weighted by atomic mass is 10.1. The van der Waals surface area contributed by atoms with Crippen LogP contribution in [0.2, 0.25) is 0 Å². The van der Waals surface area contributed by atoms with Gasteiger partial charge in [-0.15, -0.1) is 0 Å². The minimum atomic E-state index is -0.110. The van der Waals surface area contributed by atoms with Gasteiger partial charge >= 0.3 is 0 Å². The summed E-state index contributed by atoms with van der Waals surface area (Å²) < 4.78 is 5.74. The first-order valence-electron chi connectivity index (χ1n) is 4.68. The van der Waals surface area contributed by atoms with Crippen molar-refractivity contribution in [3.63, 3.8) is 0 Å². The number of carbonyl (C=O) groups is 1. The average molecular weight is 272 g/mol. The number of hydrogen-bond acceptors (Lipinski definition) is 2. The molecule has 0 aliphatic rings. The van der Waals surface area contributed by atoms with Gasteiger partial charge in [0.15, 0.2) is 0 Å². The van der Waals surface area contributed by atoms with Crippen molar-refractivity contribution >= 4 is 21.8 Å². The minimum Gasteiger partial charge on any atom is -0.375 e. The summed E-state index contributed by atoms with van der Waals surface area (Å²) in [5, 5.41) is 2.84. The fourth-order valence-electron chi connectivity index (χ4n) is 1.32. The Morgan fingerprint density at radius 2 is 2.20 bits per heavy atom. The van der Waals surface area contributed by atoms with Gasteiger partial charge in [0.25, 0.3) is 0 Å². The summed E-state index contributed by atoms with van der Waals surface area (Å²) in [5.74, 6) is -0.110. The smallest absolute Gasteiger partial charge is 0.246 e. The highest BCUT2D eigenvalue weighted by Gasteiger charge is 2.11. The van der Waals surface area contributed by atoms with Gasteiger partial charge < -0.3 is 10.1 Å². The molecule has 1 amide bonds. The lowest BCUT2D eigenvalue weighted by molar-refractivity contribution is -0.125. The Balaban J connectivity index is 2.65. The van der Waals surface area contributed by atoms with Crippen LogP contribution in [0.15, 0.2) is 28.7 Å². The van der Waals surface area contributed by atoms with Crippen LogP contribution in [-0.4, -0.2) is 19.6 Å². The summed E-state index contributed by atoms with van der Waals surface area (Å²) in [6.45, 7) is 2.03. The molecule has 0 aromatic heterocycles. The Morgan fingerprint density at radius 3 is 2.80 bits per heavy atom. The molecule has 1 N–H and O–H groups in total. The van der Waals surface area contributed by atoms with Gasteiger partial charge in [0, 0.05) is 11.6 Å². The lowest BCUT2D eigenvalue weighted by Gasteiger charge is -2.15. The SMILES string of the molecule is COCC(=O)NC(C)c1ccccc1Br. The Hall–Kier alpha value is -0.870. The molecule has 1 aromatic carbocycles. The van der Waals surface area contributed by atoms with Gasteiger partial charge in [-0.1, -0.05) is 34.1 Å². The van der Waals surface area contributed by atoms with Crippen LogP contribution in [0.25, 0.3) is 0 Å². The fourth-order valence-corrected chi connectivity index (χ4v) is 1.95. The van der Waals surface area contributed by atoms with Crippen molar-refractivity contribution in [2.24, 2.45) is 0 Å². The maximum absolute atomic E-state index is 11.3. The first kappa shape index (κ1) is 12.2. The number of benzene rings is 1. The number of methoxy groups -OCH3 is 1. The molecule has 0 aliphatic carbocycles. The number of halogens is 1. The highest BCUT2D eigenvalue weighted by molar-refractivity contribution is 9.10. The van der Waals surface area contributed by atoms with Crippen LogP contribution in [-0.2, 0) is 9.53 Å². The van der Waals surface area contributed by atoms with E-state index in [0.717, 1.165) is 10.0 Å². The Morgan fingerprint density at radius 1 is 1.53 bits per heavy atom. The first-order valence-corrected chi connectivity index (χ1v) is 5.47. The summed E-state index contributed by atoms with van der Waals surface area (Å²) in [5.41, 5.74) is 1.06. The molecule has 4 heteroatoms. The first-order chi connectivity index (χ1) is 7.15. The van der Waals surface area contributed by atoms with Crippen LogP contribution >= 0.6 is 15.9 Å². The molecule has 0 heterocycles. The van der Waals surface area contributed by atoms with Crippen molar-refractivity contribution in [3.05, 3.63) is 34.3 Å². The van der Waals surface area contributed by atoms with Gasteiger partial charge in [0.1, 0.15) is 6.61 Å². The van der Waals surface area contributed by atoms with Crippen LogP contribution in [0.1, 0.15) is 18.5 Å². The van der Waals surface area contributed by atoms with Gasteiger partial charge in [-0.3, -0.25) is 4.79 Å². The van der Waals surface area contributed by atoms with Crippen molar-refractivity contribution in [1.29, 1.82) is 0 Å². The molecule has 0 saturated heterocycles. The van der Waals surface area contributed by atoms with E-state index in [1.165, 1.54) is 7.11 Å². The third kappa shape index (κ3) is 3.64. The van der Waals surface area contributed by atoms with Crippen molar-refractivity contribution < 1.29 is 9.53 Å². The van der Waals surface area contributed by atoms with Crippen molar-refractivity contribution in [2.75, 3.05) is 13.7 Å². The summed E-state index contributed by atoms with van der Waals surface area (Å²) in [6, 6.07) is 7.79. The third-order valence-electron chi connectivity index (χ3n) is 2.02. The molecular formula is C11H14BrNO2. The number of hydrogen-bond donors (Lipinski definition) is 1. The van der Waals surface area contributed by atoms with Gasteiger partial charge in [-0.2, -0.15) is 0 Å². The summed E-state index contributed by atoms with van der Waals surface area (Å²) >= 11 is 3.44. The molecule has 15 heavy (non-hydrogen) atoms. The molecule has 0 spiro atoms. The topological polar surface area (TPSA) is 38.3 Å². The molecule has 1 atom stereocenters. The van der Waals surface area contributed by atoms with Gasteiger partial charge in [-0.25, -0.2) is 0 Å². The summed E-state index contributed by atoms with van der Waals surface area (Å²) in [4.78, 5) is 11.3. The van der Waals surface area contributed by atoms with E-state index in [9.17, 15) is 4.79 Å². The van der Waals surface area contributed by atoms with E-state index in [1.54, 1.807) is 0 Å². The van der Waals surface area contributed by atoms with E-state index in [4.69, 9.17) is 4.74 Å². The van der Waals surface area contributed by atoms with E-state index < -0.39 is 0 Å². The monoisotopic (exact) mass is 271 g/mol. The van der Waals surface area contributed by atoms with Crippen molar-refractivity contribution in [1.82, 2.24) is 5.32 Å². The second-order valence-corrected chi connectivity index (χ2v) is 4.10. The molecule has 3 nitrogen and oxygen atoms in total. The molecule has 0 saturated carbocycles. The van der Waals surface area contributed by atoms with E-state index in [0.29, 0.717) is 0 Å². The number of nitrogens with one attached hydrogen (secondary N) is 1. The summed E-state index contributed by atoms with van der Waals surface area (Å²) in [7, 11) is 1.50. The molecule has 1 rings (SSSR count). The van der Waals surface area contributed by atoms with Crippen LogP contribution in [0.4, 0.5) is 0 Å². The molecule has 0 bridgehead atoms. The van der Waals surface area contributed by atoms with E-state index in [1.807, 2.05) is 31.2 Å². The van der Waals surface area contributed by atoms with Crippen LogP contribution in [0.5, 0.6) is 0 Å². The van der Waals surface area contributed by atoms with Crippen LogP contribution < -0.4 is 5.32 Å². The molecule has 0 fully saturated rings. The second kappa shape index (κ2) is 5.88. The maximum Gasteiger partial charge on any atom is 0.246 e. The third-order valence-corrected chi connectivity index (χ3v) is 2.75. The van der Waals surface area contributed by atoms with Gasteiger partial charge in [0.05, 0.1) is 6.04 Å². The standard InChI is InChI=1S/C11H14BrNO2/c1-8(13-11(14)7-15-2)9-5-3-4-6-10(9)12/h3-6,8H,7H2,1-2H3,(H,13,14). The Kier molecular flexibility index (Phi) is 4.78. The minimum absolute atomic E-state index is 0.0248. The number of amides is 1. The molecule has 1 unspecified atom stereocenters. The predicted octanol–water partition coefficient (Wildman–Crippen LogP) is 2.27. The van der Waals surface area contributed by atoms with E-state index >= 15 is 0 Å². The molecule has 1 aromatic rings. The normalized spacial score (nSPS) is 12.2. The van der Waals surface area contributed by atoms with Crippen molar-refractivity contribution in [3.8, 4) is 0 Å². The number of rotatable bonds is 4. The van der Waals surface area contributed by atoms with Gasteiger partial charge in [-0.05, 0) is 18.6 Å². The van der Waals surface area contributed by atoms with Crippen LogP contribution in [0, 0.1) is 0 Å². The van der Waals surface area contributed by atoms with E-state index in [-0.39, 0.29) is 18.6 Å². The highest BCUT2D eigenvalue weighted by Crippen LogP contribution is 2.22. The number of ether oxygens (including phenoxy) is 1. The highest BCUT2D eigenvalue weighted by atomic mass is 79.9. The molecule has 0 aliphatic heterocycles. The van der Waals surface area contributed by atoms with Crippen molar-refractivity contribution in [2.45, 2.75) is 13.0 Å². The van der Waals surface area contributed by atoms with E-state index in [2.05, 4.69) is 21.2 Å². The average Bonchev–Trinajstić information content (AvgIpc) is 2.18. The van der Waals surface area contributed by atoms with Gasteiger partial charge in [0.2, 0.25) is 5.91 Å². The lowest BCUT2D eigenvalue weighted by Crippen LogP contribution is -2.29. The summed E-state index contributed by atoms with van der Waals surface area (Å²) in [6.07, 6.45) is 0. The zero-order chi connectivity index (χ0) is 11.3. The quantitative estimate of drug-likeness (QED) is 0.913. The Bertz CT molecular complexity index is 341. The zero-order valence-electron chi connectivity index (χ0n) is 8.79. The maximum atomic E-state index is 11.3. The molecule has 82 valence electrons. The zero-order valence-corrected chi connectivity index (χ0v) is 10.4. The predicted molar refractivity (Wildman–Crippen MR) is 62.6 cm³/mol. The fraction of sp³-hybridized carbons (Fsp3) is 0.364. The number of carbonyl (C=O) groups excluding carboxylic acids is 1. The Labute approximate surface area is 97.9 Å².